The highest BCUT2D eigenvalue weighted by molar-refractivity contribution is 7.91. The Morgan fingerprint density at radius 2 is 2.10 bits per heavy atom. The van der Waals surface area contributed by atoms with Gasteiger partial charge in [-0.05, 0) is 44.3 Å². The molecule has 0 saturated carbocycles. The molecule has 1 fully saturated rings. The van der Waals surface area contributed by atoms with Crippen molar-refractivity contribution in [2.45, 2.75) is 36.4 Å². The Bertz CT molecular complexity index is 521. The van der Waals surface area contributed by atoms with E-state index in [1.165, 1.54) is 37.7 Å². The van der Waals surface area contributed by atoms with E-state index in [9.17, 15) is 8.42 Å². The second kappa shape index (κ2) is 6.89. The zero-order chi connectivity index (χ0) is 14.6. The molecule has 5 nitrogen and oxygen atoms in total. The summed E-state index contributed by atoms with van der Waals surface area (Å²) in [7, 11) is -2.01. The first-order valence-corrected chi connectivity index (χ1v) is 9.25. The zero-order valence-electron chi connectivity index (χ0n) is 12.0. The van der Waals surface area contributed by atoms with Crippen molar-refractivity contribution in [3.63, 3.8) is 0 Å². The molecule has 1 aromatic heterocycles. The predicted molar refractivity (Wildman–Crippen MR) is 80.9 cm³/mol. The Morgan fingerprint density at radius 3 is 2.75 bits per heavy atom. The maximum absolute atomic E-state index is 12.3. The van der Waals surface area contributed by atoms with Crippen molar-refractivity contribution in [3.05, 3.63) is 11.4 Å². The lowest BCUT2D eigenvalue weighted by atomic mass is 10.1. The quantitative estimate of drug-likeness (QED) is 0.870. The van der Waals surface area contributed by atoms with Crippen LogP contribution in [0.15, 0.2) is 15.7 Å². The molecule has 1 unspecified atom stereocenters. The predicted octanol–water partition coefficient (Wildman–Crippen LogP) is 1.91. The molecule has 0 amide bonds. The SMILES string of the molecule is COc1ccsc1S(=O)(=O)NC(C)CN1CCCCC1. The van der Waals surface area contributed by atoms with Gasteiger partial charge in [-0.3, -0.25) is 0 Å². The van der Waals surface area contributed by atoms with Gasteiger partial charge in [0, 0.05) is 12.6 Å². The highest BCUT2D eigenvalue weighted by atomic mass is 32.2. The van der Waals surface area contributed by atoms with Gasteiger partial charge < -0.3 is 9.64 Å². The van der Waals surface area contributed by atoms with Crippen LogP contribution in [0, 0.1) is 0 Å². The van der Waals surface area contributed by atoms with Crippen molar-refractivity contribution >= 4 is 21.4 Å². The molecule has 1 aliphatic heterocycles. The summed E-state index contributed by atoms with van der Waals surface area (Å²) in [5.74, 6) is 0.410. The summed E-state index contributed by atoms with van der Waals surface area (Å²) < 4.78 is 32.7. The van der Waals surface area contributed by atoms with Gasteiger partial charge in [0.15, 0.2) is 4.21 Å². The first kappa shape index (κ1) is 15.8. The average Bonchev–Trinajstić information content (AvgIpc) is 2.88. The molecule has 1 aliphatic rings. The fraction of sp³-hybridized carbons (Fsp3) is 0.692. The van der Waals surface area contributed by atoms with Gasteiger partial charge >= 0.3 is 0 Å². The number of sulfonamides is 1. The van der Waals surface area contributed by atoms with Gasteiger partial charge in [0.2, 0.25) is 0 Å². The van der Waals surface area contributed by atoms with Gasteiger partial charge in [-0.15, -0.1) is 11.3 Å². The Labute approximate surface area is 125 Å². The van der Waals surface area contributed by atoms with Gasteiger partial charge in [0.25, 0.3) is 10.0 Å². The summed E-state index contributed by atoms with van der Waals surface area (Å²) in [5.41, 5.74) is 0. The average molecular weight is 318 g/mol. The van der Waals surface area contributed by atoms with Crippen LogP contribution in [0.4, 0.5) is 0 Å². The summed E-state index contributed by atoms with van der Waals surface area (Å²) in [5, 5.41) is 1.72. The number of nitrogens with one attached hydrogen (secondary N) is 1. The Kier molecular flexibility index (Phi) is 5.42. The van der Waals surface area contributed by atoms with Gasteiger partial charge in [-0.2, -0.15) is 0 Å². The van der Waals surface area contributed by atoms with Crippen molar-refractivity contribution < 1.29 is 13.2 Å². The third-order valence-electron chi connectivity index (χ3n) is 3.40. The van der Waals surface area contributed by atoms with E-state index in [1.54, 1.807) is 11.4 Å². The zero-order valence-corrected chi connectivity index (χ0v) is 13.6. The number of rotatable bonds is 6. The van der Waals surface area contributed by atoms with E-state index < -0.39 is 10.0 Å². The molecule has 7 heteroatoms. The minimum atomic E-state index is -3.49. The minimum absolute atomic E-state index is 0.107. The maximum atomic E-state index is 12.3. The molecule has 1 N–H and O–H groups in total. The summed E-state index contributed by atoms with van der Waals surface area (Å²) in [6, 6.07) is 1.57. The van der Waals surface area contributed by atoms with Gasteiger partial charge in [-0.25, -0.2) is 13.1 Å². The van der Waals surface area contributed by atoms with E-state index in [1.807, 2.05) is 6.92 Å². The number of thiophene rings is 1. The van der Waals surface area contributed by atoms with Crippen LogP contribution in [0.25, 0.3) is 0 Å². The van der Waals surface area contributed by atoms with Crippen LogP contribution in [0.1, 0.15) is 26.2 Å². The topological polar surface area (TPSA) is 58.6 Å². The highest BCUT2D eigenvalue weighted by Crippen LogP contribution is 2.29. The normalized spacial score (nSPS) is 18.9. The number of nitrogens with zero attached hydrogens (tertiary/aromatic N) is 1. The number of likely N-dealkylation sites (tertiary alicyclic amines) is 1. The van der Waals surface area contributed by atoms with Crippen molar-refractivity contribution in [2.24, 2.45) is 0 Å². The molecular weight excluding hydrogens is 296 g/mol. The molecule has 1 saturated heterocycles. The highest BCUT2D eigenvalue weighted by Gasteiger charge is 2.24. The third kappa shape index (κ3) is 3.94. The first-order valence-electron chi connectivity index (χ1n) is 6.89. The van der Waals surface area contributed by atoms with Crippen LogP contribution in [0.5, 0.6) is 5.75 Å². The Morgan fingerprint density at radius 1 is 1.40 bits per heavy atom. The summed E-state index contributed by atoms with van der Waals surface area (Å²) in [6.45, 7) is 4.79. The van der Waals surface area contributed by atoms with E-state index in [0.29, 0.717) is 5.75 Å². The van der Waals surface area contributed by atoms with Crippen LogP contribution in [-0.4, -0.2) is 46.1 Å². The third-order valence-corrected chi connectivity index (χ3v) is 6.43. The van der Waals surface area contributed by atoms with E-state index >= 15 is 0 Å². The molecule has 0 radical (unpaired) electrons. The molecule has 20 heavy (non-hydrogen) atoms. The summed E-state index contributed by atoms with van der Waals surface area (Å²) >= 11 is 1.18. The van der Waals surface area contributed by atoms with E-state index in [-0.39, 0.29) is 10.3 Å². The maximum Gasteiger partial charge on any atom is 0.254 e. The van der Waals surface area contributed by atoms with Crippen LogP contribution in [0.2, 0.25) is 0 Å². The molecule has 0 spiro atoms. The van der Waals surface area contributed by atoms with Crippen LogP contribution >= 0.6 is 11.3 Å². The van der Waals surface area contributed by atoms with Crippen molar-refractivity contribution in [3.8, 4) is 5.75 Å². The second-order valence-electron chi connectivity index (χ2n) is 5.16. The lowest BCUT2D eigenvalue weighted by Gasteiger charge is -2.29. The van der Waals surface area contributed by atoms with E-state index in [2.05, 4.69) is 9.62 Å². The van der Waals surface area contributed by atoms with Crippen molar-refractivity contribution in [1.82, 2.24) is 9.62 Å². The second-order valence-corrected chi connectivity index (χ2v) is 7.99. The molecule has 0 bridgehead atoms. The fourth-order valence-electron chi connectivity index (χ4n) is 2.52. The van der Waals surface area contributed by atoms with E-state index in [0.717, 1.165) is 19.6 Å². The fourth-order valence-corrected chi connectivity index (χ4v) is 5.04. The lowest BCUT2D eigenvalue weighted by Crippen LogP contribution is -2.43. The number of ether oxygens (including phenoxy) is 1. The molecule has 0 aliphatic carbocycles. The molecule has 2 rings (SSSR count). The minimum Gasteiger partial charge on any atom is -0.494 e. The molecule has 114 valence electrons. The number of hydrogen-bond donors (Lipinski definition) is 1. The monoisotopic (exact) mass is 318 g/mol. The number of piperidine rings is 1. The Balaban J connectivity index is 1.97. The Hall–Kier alpha value is -0.630. The van der Waals surface area contributed by atoms with Gasteiger partial charge in [-0.1, -0.05) is 6.42 Å². The summed E-state index contributed by atoms with van der Waals surface area (Å²) in [4.78, 5) is 2.32. The lowest BCUT2D eigenvalue weighted by molar-refractivity contribution is 0.215. The molecule has 1 aromatic rings. The van der Waals surface area contributed by atoms with Crippen LogP contribution in [0.3, 0.4) is 0 Å². The molecular formula is C13H22N2O3S2. The van der Waals surface area contributed by atoms with E-state index in [4.69, 9.17) is 4.74 Å². The largest absolute Gasteiger partial charge is 0.494 e. The van der Waals surface area contributed by atoms with Crippen molar-refractivity contribution in [2.75, 3.05) is 26.7 Å². The molecule has 1 atom stereocenters. The summed E-state index contributed by atoms with van der Waals surface area (Å²) in [6.07, 6.45) is 3.69. The first-order chi connectivity index (χ1) is 9.53. The van der Waals surface area contributed by atoms with Crippen molar-refractivity contribution in [1.29, 1.82) is 0 Å². The van der Waals surface area contributed by atoms with Gasteiger partial charge in [0.1, 0.15) is 5.75 Å². The smallest absolute Gasteiger partial charge is 0.254 e. The number of methoxy groups -OCH3 is 1. The molecule has 2 heterocycles. The van der Waals surface area contributed by atoms with Gasteiger partial charge in [0.05, 0.1) is 7.11 Å². The van der Waals surface area contributed by atoms with Crippen LogP contribution in [-0.2, 0) is 10.0 Å². The van der Waals surface area contributed by atoms with Crippen LogP contribution < -0.4 is 9.46 Å². The number of hydrogen-bond acceptors (Lipinski definition) is 5. The molecule has 0 aromatic carbocycles. The standard InChI is InChI=1S/C13H22N2O3S2/c1-11(10-15-7-4-3-5-8-15)14-20(16,17)13-12(18-2)6-9-19-13/h6,9,11,14H,3-5,7-8,10H2,1-2H3.